The van der Waals surface area contributed by atoms with Gasteiger partial charge in [0.1, 0.15) is 5.01 Å². The van der Waals surface area contributed by atoms with Crippen molar-refractivity contribution in [2.24, 2.45) is 0 Å². The molecule has 0 aliphatic rings. The smallest absolute Gasteiger partial charge is 0.227 e. The summed E-state index contributed by atoms with van der Waals surface area (Å²) in [5, 5.41) is 11.8. The average molecular weight is 367 g/mol. The van der Waals surface area contributed by atoms with Gasteiger partial charge in [0.2, 0.25) is 11.0 Å². The Bertz CT molecular complexity index is 819. The molecule has 0 fully saturated rings. The van der Waals surface area contributed by atoms with Gasteiger partial charge in [0, 0.05) is 11.8 Å². The first-order valence-electron chi connectivity index (χ1n) is 7.51. The zero-order valence-electron chi connectivity index (χ0n) is 14.2. The molecule has 0 saturated carbocycles. The number of rotatable bonds is 5. The molecule has 1 aromatic carbocycles. The van der Waals surface area contributed by atoms with E-state index < -0.39 is 9.84 Å². The molecule has 0 unspecified atom stereocenters. The van der Waals surface area contributed by atoms with Crippen molar-refractivity contribution in [3.05, 3.63) is 34.8 Å². The molecule has 0 radical (unpaired) electrons. The molecule has 24 heavy (non-hydrogen) atoms. The average Bonchev–Trinajstić information content (AvgIpc) is 2.94. The van der Waals surface area contributed by atoms with E-state index >= 15 is 0 Å². The number of sulfone groups is 1. The van der Waals surface area contributed by atoms with Crippen LogP contribution in [0.15, 0.2) is 29.2 Å². The summed E-state index contributed by atoms with van der Waals surface area (Å²) in [6.45, 7) is 7.91. The fourth-order valence-electron chi connectivity index (χ4n) is 1.85. The molecule has 1 heterocycles. The second-order valence-electron chi connectivity index (χ2n) is 6.59. The summed E-state index contributed by atoms with van der Waals surface area (Å²) < 4.78 is 24.5. The fourth-order valence-corrected chi connectivity index (χ4v) is 3.91. The Morgan fingerprint density at radius 1 is 1.17 bits per heavy atom. The van der Waals surface area contributed by atoms with Crippen LogP contribution in [0.2, 0.25) is 0 Å². The van der Waals surface area contributed by atoms with E-state index in [-0.39, 0.29) is 28.4 Å². The van der Waals surface area contributed by atoms with Crippen molar-refractivity contribution in [2.45, 2.75) is 44.4 Å². The summed E-state index contributed by atoms with van der Waals surface area (Å²) >= 11 is 1.30. The highest BCUT2D eigenvalue weighted by atomic mass is 32.2. The maximum absolute atomic E-state index is 12.2. The lowest BCUT2D eigenvalue weighted by Gasteiger charge is -2.12. The van der Waals surface area contributed by atoms with Gasteiger partial charge in [-0.25, -0.2) is 8.42 Å². The highest BCUT2D eigenvalue weighted by Gasteiger charge is 2.21. The lowest BCUT2D eigenvalue weighted by Crippen LogP contribution is -2.17. The molecule has 2 rings (SSSR count). The molecule has 1 amide bonds. The van der Waals surface area contributed by atoms with Gasteiger partial charge >= 0.3 is 0 Å². The zero-order valence-corrected chi connectivity index (χ0v) is 15.8. The second kappa shape index (κ2) is 6.98. The molecule has 0 aliphatic heterocycles. The number of aromatic nitrogens is 2. The van der Waals surface area contributed by atoms with Gasteiger partial charge in [-0.15, -0.1) is 10.2 Å². The van der Waals surface area contributed by atoms with Gasteiger partial charge in [-0.3, -0.25) is 4.79 Å². The molecule has 2 aromatic rings. The quantitative estimate of drug-likeness (QED) is 0.877. The molecule has 6 nitrogen and oxygen atoms in total. The third-order valence-corrected chi connectivity index (χ3v) is 6.29. The SMILES string of the molecule is Cc1ccc(S(=O)(=O)CCC(=O)Nc2nnc(C(C)(C)C)s2)cc1. The number of benzene rings is 1. The molecule has 1 aromatic heterocycles. The summed E-state index contributed by atoms with van der Waals surface area (Å²) in [7, 11) is -3.48. The molecular weight excluding hydrogens is 346 g/mol. The van der Waals surface area contributed by atoms with E-state index in [1.165, 1.54) is 11.3 Å². The lowest BCUT2D eigenvalue weighted by molar-refractivity contribution is -0.115. The van der Waals surface area contributed by atoms with Crippen LogP contribution >= 0.6 is 11.3 Å². The minimum absolute atomic E-state index is 0.124. The van der Waals surface area contributed by atoms with Crippen LogP contribution in [0.3, 0.4) is 0 Å². The van der Waals surface area contributed by atoms with Gasteiger partial charge in [0.15, 0.2) is 9.84 Å². The maximum Gasteiger partial charge on any atom is 0.227 e. The van der Waals surface area contributed by atoms with Gasteiger partial charge in [-0.05, 0) is 19.1 Å². The van der Waals surface area contributed by atoms with Crippen LogP contribution in [0.25, 0.3) is 0 Å². The summed E-state index contributed by atoms with van der Waals surface area (Å²) in [4.78, 5) is 12.2. The highest BCUT2D eigenvalue weighted by molar-refractivity contribution is 7.91. The van der Waals surface area contributed by atoms with Crippen LogP contribution in [0, 0.1) is 6.92 Å². The van der Waals surface area contributed by atoms with Crippen molar-refractivity contribution >= 4 is 32.2 Å². The highest BCUT2D eigenvalue weighted by Crippen LogP contribution is 2.27. The van der Waals surface area contributed by atoms with E-state index in [1.54, 1.807) is 24.3 Å². The van der Waals surface area contributed by atoms with E-state index in [9.17, 15) is 13.2 Å². The van der Waals surface area contributed by atoms with E-state index in [1.807, 2.05) is 27.7 Å². The summed E-state index contributed by atoms with van der Waals surface area (Å²) in [5.74, 6) is -0.630. The molecule has 1 N–H and O–H groups in total. The normalized spacial score (nSPS) is 12.2. The predicted octanol–water partition coefficient (Wildman–Crippen LogP) is 2.95. The molecule has 0 saturated heterocycles. The number of carbonyl (C=O) groups excluding carboxylic acids is 1. The molecular formula is C16H21N3O3S2. The topological polar surface area (TPSA) is 89.0 Å². The van der Waals surface area contributed by atoms with Gasteiger partial charge in [-0.2, -0.15) is 0 Å². The molecule has 130 valence electrons. The van der Waals surface area contributed by atoms with E-state index in [4.69, 9.17) is 0 Å². The van der Waals surface area contributed by atoms with Crippen LogP contribution < -0.4 is 5.32 Å². The Labute approximate surface area is 146 Å². The number of aryl methyl sites for hydroxylation is 1. The summed E-state index contributed by atoms with van der Waals surface area (Å²) in [6, 6.07) is 6.59. The predicted molar refractivity (Wildman–Crippen MR) is 95.1 cm³/mol. The van der Waals surface area contributed by atoms with Crippen LogP contribution in [-0.4, -0.2) is 30.3 Å². The molecule has 0 atom stereocenters. The van der Waals surface area contributed by atoms with E-state index in [0.29, 0.717) is 5.13 Å². The summed E-state index contributed by atoms with van der Waals surface area (Å²) in [5.41, 5.74) is 0.840. The zero-order chi connectivity index (χ0) is 18.0. The number of hydrogen-bond acceptors (Lipinski definition) is 6. The lowest BCUT2D eigenvalue weighted by atomic mass is 9.98. The van der Waals surface area contributed by atoms with Crippen LogP contribution in [0.4, 0.5) is 5.13 Å². The molecule has 0 bridgehead atoms. The van der Waals surface area contributed by atoms with Crippen LogP contribution in [0.1, 0.15) is 37.8 Å². The number of amides is 1. The first kappa shape index (κ1) is 18.5. The van der Waals surface area contributed by atoms with Crippen molar-refractivity contribution < 1.29 is 13.2 Å². The standard InChI is InChI=1S/C16H21N3O3S2/c1-11-5-7-12(8-6-11)24(21,22)10-9-13(20)17-15-19-18-14(23-15)16(2,3)4/h5-8H,9-10H2,1-4H3,(H,17,19,20). The first-order chi connectivity index (χ1) is 11.1. The number of hydrogen-bond donors (Lipinski definition) is 1. The van der Waals surface area contributed by atoms with Crippen molar-refractivity contribution in [3.8, 4) is 0 Å². The largest absolute Gasteiger partial charge is 0.300 e. The van der Waals surface area contributed by atoms with Crippen molar-refractivity contribution in [3.63, 3.8) is 0 Å². The van der Waals surface area contributed by atoms with Gasteiger partial charge in [0.05, 0.1) is 10.6 Å². The van der Waals surface area contributed by atoms with Crippen LogP contribution in [-0.2, 0) is 20.0 Å². The Morgan fingerprint density at radius 3 is 2.33 bits per heavy atom. The van der Waals surface area contributed by atoms with Crippen LogP contribution in [0.5, 0.6) is 0 Å². The van der Waals surface area contributed by atoms with E-state index in [2.05, 4.69) is 15.5 Å². The summed E-state index contributed by atoms with van der Waals surface area (Å²) in [6.07, 6.45) is -0.124. The third kappa shape index (κ3) is 4.85. The van der Waals surface area contributed by atoms with E-state index in [0.717, 1.165) is 10.6 Å². The molecule has 0 spiro atoms. The Hall–Kier alpha value is -1.80. The first-order valence-corrected chi connectivity index (χ1v) is 9.98. The Kier molecular flexibility index (Phi) is 5.39. The van der Waals surface area contributed by atoms with Gasteiger partial charge < -0.3 is 5.32 Å². The van der Waals surface area contributed by atoms with Crippen molar-refractivity contribution in [2.75, 3.05) is 11.1 Å². The van der Waals surface area contributed by atoms with Crippen molar-refractivity contribution in [1.82, 2.24) is 10.2 Å². The Morgan fingerprint density at radius 2 is 1.79 bits per heavy atom. The Balaban J connectivity index is 1.95. The van der Waals surface area contributed by atoms with Gasteiger partial charge in [-0.1, -0.05) is 49.8 Å². The molecule has 0 aliphatic carbocycles. The second-order valence-corrected chi connectivity index (χ2v) is 9.68. The monoisotopic (exact) mass is 367 g/mol. The minimum Gasteiger partial charge on any atom is -0.300 e. The number of nitrogens with zero attached hydrogens (tertiary/aromatic N) is 2. The minimum atomic E-state index is -3.48. The van der Waals surface area contributed by atoms with Crippen molar-refractivity contribution in [1.29, 1.82) is 0 Å². The molecule has 8 heteroatoms. The van der Waals surface area contributed by atoms with Gasteiger partial charge in [0.25, 0.3) is 0 Å². The third-order valence-electron chi connectivity index (χ3n) is 3.29. The number of carbonyl (C=O) groups is 1. The number of anilines is 1. The maximum atomic E-state index is 12.2. The number of nitrogens with one attached hydrogen (secondary N) is 1. The fraction of sp³-hybridized carbons (Fsp3) is 0.438.